The van der Waals surface area contributed by atoms with Crippen molar-refractivity contribution in [3.63, 3.8) is 0 Å². The number of nitrogens with zero attached hydrogens (tertiary/aromatic N) is 2. The van der Waals surface area contributed by atoms with E-state index in [1.807, 2.05) is 0 Å². The molecule has 1 heterocycles. The molecule has 0 aliphatic heterocycles. The smallest absolute Gasteiger partial charge is 0.327 e. The lowest BCUT2D eigenvalue weighted by atomic mass is 10.3. The van der Waals surface area contributed by atoms with Crippen LogP contribution in [0.5, 0.6) is 0 Å². The number of pyridine rings is 1. The van der Waals surface area contributed by atoms with Crippen LogP contribution < -0.4 is 0 Å². The van der Waals surface area contributed by atoms with E-state index in [2.05, 4.69) is 9.98 Å². The molecule has 0 aliphatic rings. The second-order valence-corrected chi connectivity index (χ2v) is 2.87. The number of rotatable bonds is 4. The Kier molecular flexibility index (Phi) is 4.98. The molecule has 0 atom stereocenters. The summed E-state index contributed by atoms with van der Waals surface area (Å²) in [5.41, 5.74) is 0.779. The van der Waals surface area contributed by atoms with Crippen LogP contribution in [0.15, 0.2) is 29.5 Å². The van der Waals surface area contributed by atoms with Gasteiger partial charge in [0.05, 0.1) is 13.7 Å². The minimum absolute atomic E-state index is 0.0423. The molecule has 86 valence electrons. The topological polar surface area (TPSA) is 60.8 Å². The van der Waals surface area contributed by atoms with E-state index < -0.39 is 0 Å². The molecule has 0 saturated heterocycles. The van der Waals surface area contributed by atoms with Gasteiger partial charge in [-0.3, -0.25) is 9.78 Å². The third-order valence-electron chi connectivity index (χ3n) is 1.78. The van der Waals surface area contributed by atoms with Crippen LogP contribution in [-0.2, 0) is 14.3 Å². The fourth-order valence-electron chi connectivity index (χ4n) is 1.11. The summed E-state index contributed by atoms with van der Waals surface area (Å²) in [6.07, 6.45) is 3.27. The van der Waals surface area contributed by atoms with E-state index in [4.69, 9.17) is 9.47 Å². The molecule has 0 radical (unpaired) electrons. The van der Waals surface area contributed by atoms with Gasteiger partial charge in [-0.25, -0.2) is 4.99 Å². The maximum absolute atomic E-state index is 11.1. The Morgan fingerprint density at radius 2 is 2.12 bits per heavy atom. The van der Waals surface area contributed by atoms with Crippen LogP contribution in [0.4, 0.5) is 0 Å². The zero-order valence-electron chi connectivity index (χ0n) is 9.34. The van der Waals surface area contributed by atoms with E-state index in [1.54, 1.807) is 31.5 Å². The summed E-state index contributed by atoms with van der Waals surface area (Å²) in [4.78, 5) is 19.0. The number of ether oxygens (including phenoxy) is 2. The summed E-state index contributed by atoms with van der Waals surface area (Å²) < 4.78 is 9.84. The summed E-state index contributed by atoms with van der Waals surface area (Å²) in [5, 5.41) is 0. The average molecular weight is 222 g/mol. The SMILES string of the molecule is CCOC(=O)CN=C(OC)c1ccncc1. The molecule has 0 unspecified atom stereocenters. The van der Waals surface area contributed by atoms with Crippen LogP contribution in [0, 0.1) is 0 Å². The van der Waals surface area contributed by atoms with Gasteiger partial charge in [0.15, 0.2) is 0 Å². The molecule has 0 bridgehead atoms. The van der Waals surface area contributed by atoms with Crippen molar-refractivity contribution in [2.45, 2.75) is 6.92 Å². The van der Waals surface area contributed by atoms with E-state index in [1.165, 1.54) is 7.11 Å². The number of esters is 1. The largest absolute Gasteiger partial charge is 0.481 e. The Hall–Kier alpha value is -1.91. The molecule has 5 heteroatoms. The molecule has 0 N–H and O–H groups in total. The van der Waals surface area contributed by atoms with Gasteiger partial charge in [-0.1, -0.05) is 0 Å². The highest BCUT2D eigenvalue weighted by Crippen LogP contribution is 2.00. The maximum atomic E-state index is 11.1. The molecular weight excluding hydrogens is 208 g/mol. The van der Waals surface area contributed by atoms with E-state index in [-0.39, 0.29) is 12.5 Å². The molecule has 5 nitrogen and oxygen atoms in total. The van der Waals surface area contributed by atoms with Gasteiger partial charge in [0.2, 0.25) is 5.90 Å². The summed E-state index contributed by atoms with van der Waals surface area (Å²) in [5.74, 6) is 0.0292. The van der Waals surface area contributed by atoms with E-state index in [9.17, 15) is 4.79 Å². The first kappa shape index (κ1) is 12.2. The van der Waals surface area contributed by atoms with Crippen LogP contribution in [0.1, 0.15) is 12.5 Å². The minimum Gasteiger partial charge on any atom is -0.481 e. The second-order valence-electron chi connectivity index (χ2n) is 2.87. The van der Waals surface area contributed by atoms with Gasteiger partial charge in [0.1, 0.15) is 6.54 Å². The molecule has 1 aromatic rings. The van der Waals surface area contributed by atoms with E-state index >= 15 is 0 Å². The van der Waals surface area contributed by atoms with E-state index in [0.717, 1.165) is 5.56 Å². The van der Waals surface area contributed by atoms with Crippen LogP contribution in [0.3, 0.4) is 0 Å². The Bertz CT molecular complexity index is 363. The average Bonchev–Trinajstić information content (AvgIpc) is 2.31. The maximum Gasteiger partial charge on any atom is 0.327 e. The summed E-state index contributed by atoms with van der Waals surface area (Å²) in [6.45, 7) is 2.06. The van der Waals surface area contributed by atoms with Crippen molar-refractivity contribution in [3.05, 3.63) is 30.1 Å². The highest BCUT2D eigenvalue weighted by Gasteiger charge is 2.05. The first-order chi connectivity index (χ1) is 7.77. The predicted molar refractivity (Wildman–Crippen MR) is 59.3 cm³/mol. The number of aromatic nitrogens is 1. The fourth-order valence-corrected chi connectivity index (χ4v) is 1.11. The van der Waals surface area contributed by atoms with Gasteiger partial charge >= 0.3 is 5.97 Å². The van der Waals surface area contributed by atoms with Crippen molar-refractivity contribution in [2.24, 2.45) is 4.99 Å². The molecule has 0 fully saturated rings. The zero-order chi connectivity index (χ0) is 11.8. The van der Waals surface area contributed by atoms with Crippen LogP contribution in [0.25, 0.3) is 0 Å². The molecule has 1 aromatic heterocycles. The molecule has 0 saturated carbocycles. The number of hydrogen-bond acceptors (Lipinski definition) is 5. The minimum atomic E-state index is -0.369. The van der Waals surface area contributed by atoms with Crippen molar-refractivity contribution in [3.8, 4) is 0 Å². The van der Waals surface area contributed by atoms with Crippen molar-refractivity contribution in [2.75, 3.05) is 20.3 Å². The Labute approximate surface area is 94.1 Å². The molecule has 0 spiro atoms. The summed E-state index contributed by atoms with van der Waals surface area (Å²) in [6, 6.07) is 3.51. The number of carbonyl (C=O) groups is 1. The second kappa shape index (κ2) is 6.55. The Morgan fingerprint density at radius 1 is 1.44 bits per heavy atom. The van der Waals surface area contributed by atoms with Crippen molar-refractivity contribution in [1.82, 2.24) is 4.98 Å². The van der Waals surface area contributed by atoms with Gasteiger partial charge < -0.3 is 9.47 Å². The highest BCUT2D eigenvalue weighted by molar-refractivity contribution is 5.94. The third kappa shape index (κ3) is 3.68. The Balaban J connectivity index is 2.68. The van der Waals surface area contributed by atoms with Gasteiger partial charge in [0, 0.05) is 18.0 Å². The molecular formula is C11H14N2O3. The van der Waals surface area contributed by atoms with Gasteiger partial charge in [-0.15, -0.1) is 0 Å². The number of carbonyl (C=O) groups excluding carboxylic acids is 1. The number of aliphatic imine (C=N–C) groups is 1. The summed E-state index contributed by atoms with van der Waals surface area (Å²) >= 11 is 0. The highest BCUT2D eigenvalue weighted by atomic mass is 16.5. The monoisotopic (exact) mass is 222 g/mol. The first-order valence-corrected chi connectivity index (χ1v) is 4.92. The first-order valence-electron chi connectivity index (χ1n) is 4.92. The van der Waals surface area contributed by atoms with E-state index in [0.29, 0.717) is 12.5 Å². The normalized spacial score (nSPS) is 11.0. The molecule has 0 amide bonds. The molecule has 16 heavy (non-hydrogen) atoms. The third-order valence-corrected chi connectivity index (χ3v) is 1.78. The number of methoxy groups -OCH3 is 1. The van der Waals surface area contributed by atoms with Crippen molar-refractivity contribution in [1.29, 1.82) is 0 Å². The number of hydrogen-bond donors (Lipinski definition) is 0. The molecule has 0 aromatic carbocycles. The van der Waals surface area contributed by atoms with Crippen molar-refractivity contribution >= 4 is 11.9 Å². The Morgan fingerprint density at radius 3 is 2.69 bits per heavy atom. The van der Waals surface area contributed by atoms with Crippen LogP contribution >= 0.6 is 0 Å². The predicted octanol–water partition coefficient (Wildman–Crippen LogP) is 1.04. The fraction of sp³-hybridized carbons (Fsp3) is 0.364. The molecule has 0 aliphatic carbocycles. The quantitative estimate of drug-likeness (QED) is 0.434. The lowest BCUT2D eigenvalue weighted by Crippen LogP contribution is -2.12. The zero-order valence-corrected chi connectivity index (χ0v) is 9.34. The van der Waals surface area contributed by atoms with Gasteiger partial charge in [-0.2, -0.15) is 0 Å². The van der Waals surface area contributed by atoms with Crippen molar-refractivity contribution < 1.29 is 14.3 Å². The van der Waals surface area contributed by atoms with Gasteiger partial charge in [-0.05, 0) is 19.1 Å². The van der Waals surface area contributed by atoms with Gasteiger partial charge in [0.25, 0.3) is 0 Å². The standard InChI is InChI=1S/C11H14N2O3/c1-3-16-10(14)8-13-11(15-2)9-4-6-12-7-5-9/h4-7H,3,8H2,1-2H3. The lowest BCUT2D eigenvalue weighted by Gasteiger charge is -2.04. The molecule has 1 rings (SSSR count). The van der Waals surface area contributed by atoms with Crippen LogP contribution in [0.2, 0.25) is 0 Å². The summed E-state index contributed by atoms with van der Waals surface area (Å²) in [7, 11) is 1.50. The van der Waals surface area contributed by atoms with Crippen LogP contribution in [-0.4, -0.2) is 37.1 Å². The lowest BCUT2D eigenvalue weighted by molar-refractivity contribution is -0.141.